The molecule has 2 aromatic carbocycles. The molecule has 0 N–H and O–H groups in total. The van der Waals surface area contributed by atoms with Crippen LogP contribution in [0.15, 0.2) is 42.5 Å². The number of hydrogen-bond acceptors (Lipinski definition) is 4. The molecule has 1 saturated heterocycles. The maximum Gasteiger partial charge on any atom is 0.354 e. The molecule has 1 saturated carbocycles. The molecule has 2 fully saturated rings. The number of para-hydroxylation sites is 1. The number of anilines is 1. The van der Waals surface area contributed by atoms with Crippen molar-refractivity contribution in [3.05, 3.63) is 63.6 Å². The van der Waals surface area contributed by atoms with Crippen molar-refractivity contribution >= 4 is 46.7 Å². The molecule has 0 aromatic heterocycles. The average molecular weight is 445 g/mol. The zero-order valence-corrected chi connectivity index (χ0v) is 17.4. The number of fused-ring (bicyclic) bond motifs is 3. The third kappa shape index (κ3) is 2.81. The molecule has 6 nitrogen and oxygen atoms in total. The predicted molar refractivity (Wildman–Crippen MR) is 111 cm³/mol. The molecule has 154 valence electrons. The maximum atomic E-state index is 13.5. The van der Waals surface area contributed by atoms with Gasteiger partial charge in [0.25, 0.3) is 5.91 Å². The fourth-order valence-corrected chi connectivity index (χ4v) is 4.73. The second-order valence-electron chi connectivity index (χ2n) is 7.79. The van der Waals surface area contributed by atoms with E-state index in [1.54, 1.807) is 47.4 Å². The molecule has 2 amide bonds. The normalized spacial score (nSPS) is 22.7. The molecule has 8 heteroatoms. The summed E-state index contributed by atoms with van der Waals surface area (Å²) in [5.41, 5.74) is 0.131. The van der Waals surface area contributed by atoms with Crippen LogP contribution in [0, 0.1) is 0 Å². The summed E-state index contributed by atoms with van der Waals surface area (Å²) in [5, 5.41) is 0.773. The molecule has 3 aliphatic rings. The number of nitrogens with zero attached hydrogens (tertiary/aromatic N) is 2. The zero-order chi connectivity index (χ0) is 21.0. The van der Waals surface area contributed by atoms with Crippen molar-refractivity contribution in [1.82, 2.24) is 4.90 Å². The lowest BCUT2D eigenvalue weighted by molar-refractivity contribution is -0.159. The van der Waals surface area contributed by atoms with E-state index in [-0.39, 0.29) is 37.3 Å². The fourth-order valence-electron chi connectivity index (χ4n) is 4.41. The lowest BCUT2D eigenvalue weighted by Gasteiger charge is -2.48. The van der Waals surface area contributed by atoms with Crippen LogP contribution in [0.4, 0.5) is 5.69 Å². The zero-order valence-electron chi connectivity index (χ0n) is 15.9. The van der Waals surface area contributed by atoms with E-state index >= 15 is 0 Å². The monoisotopic (exact) mass is 444 g/mol. The Morgan fingerprint density at radius 3 is 2.60 bits per heavy atom. The summed E-state index contributed by atoms with van der Waals surface area (Å²) in [4.78, 5) is 42.8. The summed E-state index contributed by atoms with van der Waals surface area (Å²) in [6.45, 7) is -0.0339. The Labute approximate surface area is 183 Å². The van der Waals surface area contributed by atoms with E-state index in [1.165, 1.54) is 4.90 Å². The number of hydrogen-bond donors (Lipinski definition) is 0. The smallest absolute Gasteiger partial charge is 0.354 e. The molecule has 5 rings (SSSR count). The van der Waals surface area contributed by atoms with Gasteiger partial charge in [-0.1, -0.05) is 41.4 Å². The largest absolute Gasteiger partial charge is 0.458 e. The molecule has 2 aromatic rings. The molecule has 1 aliphatic carbocycles. The third-order valence-corrected chi connectivity index (χ3v) is 6.63. The van der Waals surface area contributed by atoms with Gasteiger partial charge >= 0.3 is 5.97 Å². The highest BCUT2D eigenvalue weighted by Crippen LogP contribution is 2.49. The molecule has 30 heavy (non-hydrogen) atoms. The fraction of sp³-hybridized carbons (Fsp3) is 0.318. The SMILES string of the molecule is O=C1CCC2(C(=O)OCc3ccc(Cl)c(Cl)c3)N1c1ccccc1C(=O)N2C1CC1. The van der Waals surface area contributed by atoms with Crippen LogP contribution >= 0.6 is 23.2 Å². The first-order valence-electron chi connectivity index (χ1n) is 9.80. The highest BCUT2D eigenvalue weighted by molar-refractivity contribution is 6.42. The van der Waals surface area contributed by atoms with E-state index in [4.69, 9.17) is 27.9 Å². The van der Waals surface area contributed by atoms with Gasteiger partial charge in [0.2, 0.25) is 11.6 Å². The van der Waals surface area contributed by atoms with Gasteiger partial charge in [0.05, 0.1) is 21.3 Å². The van der Waals surface area contributed by atoms with Gasteiger partial charge in [-0.05, 0) is 42.7 Å². The molecule has 2 aliphatic heterocycles. The number of carbonyl (C=O) groups excluding carboxylic acids is 3. The van der Waals surface area contributed by atoms with Crippen molar-refractivity contribution in [2.75, 3.05) is 4.90 Å². The number of halogens is 2. The lowest BCUT2D eigenvalue weighted by atomic mass is 9.96. The molecule has 1 unspecified atom stereocenters. The van der Waals surface area contributed by atoms with Crippen LogP contribution in [0.25, 0.3) is 0 Å². The van der Waals surface area contributed by atoms with E-state index in [9.17, 15) is 14.4 Å². The second kappa shape index (κ2) is 7.00. The number of amides is 2. The minimum absolute atomic E-state index is 0.0339. The van der Waals surface area contributed by atoms with Gasteiger partial charge in [0.1, 0.15) is 6.61 Å². The van der Waals surface area contributed by atoms with Gasteiger partial charge in [-0.2, -0.15) is 0 Å². The van der Waals surface area contributed by atoms with Crippen molar-refractivity contribution in [2.24, 2.45) is 0 Å². The maximum absolute atomic E-state index is 13.5. The number of benzene rings is 2. The second-order valence-corrected chi connectivity index (χ2v) is 8.61. The Kier molecular flexibility index (Phi) is 4.52. The molecule has 0 radical (unpaired) electrons. The van der Waals surface area contributed by atoms with Gasteiger partial charge in [0, 0.05) is 18.9 Å². The average Bonchev–Trinajstić information content (AvgIpc) is 3.51. The summed E-state index contributed by atoms with van der Waals surface area (Å²) >= 11 is 12.0. The highest BCUT2D eigenvalue weighted by Gasteiger charge is 2.64. The van der Waals surface area contributed by atoms with Crippen LogP contribution in [0.1, 0.15) is 41.6 Å². The Bertz CT molecular complexity index is 1080. The first-order valence-corrected chi connectivity index (χ1v) is 10.6. The summed E-state index contributed by atoms with van der Waals surface area (Å²) in [6.07, 6.45) is 1.99. The van der Waals surface area contributed by atoms with Crippen LogP contribution in [-0.4, -0.2) is 34.4 Å². The molecule has 0 bridgehead atoms. The van der Waals surface area contributed by atoms with Crippen molar-refractivity contribution < 1.29 is 19.1 Å². The number of ether oxygens (including phenoxy) is 1. The predicted octanol–water partition coefficient (Wildman–Crippen LogP) is 4.18. The highest BCUT2D eigenvalue weighted by atomic mass is 35.5. The summed E-state index contributed by atoms with van der Waals surface area (Å²) < 4.78 is 5.66. The van der Waals surface area contributed by atoms with Crippen molar-refractivity contribution in [1.29, 1.82) is 0 Å². The Morgan fingerprint density at radius 2 is 1.87 bits per heavy atom. The van der Waals surface area contributed by atoms with Crippen LogP contribution in [0.2, 0.25) is 10.0 Å². The van der Waals surface area contributed by atoms with Crippen LogP contribution in [0.3, 0.4) is 0 Å². The van der Waals surface area contributed by atoms with Crippen molar-refractivity contribution in [3.63, 3.8) is 0 Å². The summed E-state index contributed by atoms with van der Waals surface area (Å²) in [7, 11) is 0. The first kappa shape index (κ1) is 19.4. The summed E-state index contributed by atoms with van der Waals surface area (Å²) in [5.74, 6) is -1.02. The Hall–Kier alpha value is -2.57. The van der Waals surface area contributed by atoms with Crippen LogP contribution in [0.5, 0.6) is 0 Å². The quantitative estimate of drug-likeness (QED) is 0.663. The van der Waals surface area contributed by atoms with Gasteiger partial charge < -0.3 is 9.64 Å². The molecule has 2 heterocycles. The van der Waals surface area contributed by atoms with Gasteiger partial charge in [-0.3, -0.25) is 14.5 Å². The minimum atomic E-state index is -1.44. The van der Waals surface area contributed by atoms with Gasteiger partial charge in [-0.25, -0.2) is 4.79 Å². The number of carbonyl (C=O) groups is 3. The van der Waals surface area contributed by atoms with Crippen molar-refractivity contribution in [3.8, 4) is 0 Å². The van der Waals surface area contributed by atoms with Gasteiger partial charge in [-0.15, -0.1) is 0 Å². The topological polar surface area (TPSA) is 66.9 Å². The lowest BCUT2D eigenvalue weighted by Crippen LogP contribution is -2.69. The summed E-state index contributed by atoms with van der Waals surface area (Å²) in [6, 6.07) is 11.8. The molecule has 1 atom stereocenters. The third-order valence-electron chi connectivity index (χ3n) is 5.89. The van der Waals surface area contributed by atoms with Crippen LogP contribution < -0.4 is 4.90 Å². The van der Waals surface area contributed by atoms with Crippen molar-refractivity contribution in [2.45, 2.75) is 44.0 Å². The van der Waals surface area contributed by atoms with Crippen LogP contribution in [-0.2, 0) is 20.9 Å². The van der Waals surface area contributed by atoms with E-state index in [2.05, 4.69) is 0 Å². The Morgan fingerprint density at radius 1 is 1.10 bits per heavy atom. The standard InChI is InChI=1S/C22H18Cl2N2O4/c23-16-8-5-13(11-17(16)24)12-30-21(29)22-10-9-19(27)26(22)18-4-2-1-3-15(18)20(28)25(22)14-6-7-14/h1-5,8,11,14H,6-7,9-10,12H2. The number of esters is 1. The van der Waals surface area contributed by atoms with Gasteiger partial charge in [0.15, 0.2) is 0 Å². The van der Waals surface area contributed by atoms with E-state index in [1.807, 2.05) is 0 Å². The van der Waals surface area contributed by atoms with E-state index in [0.717, 1.165) is 12.8 Å². The van der Waals surface area contributed by atoms with E-state index < -0.39 is 11.6 Å². The molecular weight excluding hydrogens is 427 g/mol. The Balaban J connectivity index is 1.53. The first-order chi connectivity index (χ1) is 14.4. The minimum Gasteiger partial charge on any atom is -0.458 e. The molecular formula is C22H18Cl2N2O4. The molecule has 0 spiro atoms. The number of rotatable bonds is 4. The van der Waals surface area contributed by atoms with E-state index in [0.29, 0.717) is 26.9 Å².